The topological polar surface area (TPSA) is 56.3 Å². The average Bonchev–Trinajstić information content (AvgIpc) is 3.11. The summed E-state index contributed by atoms with van der Waals surface area (Å²) in [5.74, 6) is 0.834. The predicted molar refractivity (Wildman–Crippen MR) is 85.5 cm³/mol. The smallest absolute Gasteiger partial charge is 0.161 e. The maximum Gasteiger partial charge on any atom is 0.161 e. The molecule has 2 rings (SSSR count). The minimum atomic E-state index is 0.00427. The Kier molecular flexibility index (Phi) is 5.27. The third-order valence-electron chi connectivity index (χ3n) is 5.08. The first-order valence-corrected chi connectivity index (χ1v) is 8.04. The van der Waals surface area contributed by atoms with Crippen LogP contribution in [0, 0.1) is 5.41 Å². The summed E-state index contributed by atoms with van der Waals surface area (Å²) in [6.07, 6.45) is 7.93. The van der Waals surface area contributed by atoms with Crippen molar-refractivity contribution in [1.29, 1.82) is 0 Å². The molecule has 0 aromatic carbocycles. The number of nitrogens with zero attached hydrogens (tertiary/aromatic N) is 3. The molecule has 1 aliphatic carbocycles. The van der Waals surface area contributed by atoms with Crippen molar-refractivity contribution in [3.63, 3.8) is 0 Å². The van der Waals surface area contributed by atoms with Crippen LogP contribution in [0.4, 0.5) is 0 Å². The van der Waals surface area contributed by atoms with E-state index < -0.39 is 0 Å². The summed E-state index contributed by atoms with van der Waals surface area (Å²) in [5.41, 5.74) is 8.00. The van der Waals surface area contributed by atoms with E-state index >= 15 is 0 Å². The Morgan fingerprint density at radius 1 is 1.43 bits per heavy atom. The monoisotopic (exact) mass is 294 g/mol. The van der Waals surface area contributed by atoms with Gasteiger partial charge in [-0.2, -0.15) is 5.10 Å². The van der Waals surface area contributed by atoms with E-state index in [1.165, 1.54) is 25.7 Å². The number of hydrogen-bond acceptors (Lipinski definition) is 4. The molecular formula is C16H30N4O. The SMILES string of the molecule is CCC1(C(N)c2c(OC)cnn2CCN(C)C)CCCC1. The Morgan fingerprint density at radius 3 is 2.62 bits per heavy atom. The molecule has 0 aliphatic heterocycles. The van der Waals surface area contributed by atoms with Gasteiger partial charge in [-0.25, -0.2) is 0 Å². The van der Waals surface area contributed by atoms with Crippen molar-refractivity contribution in [3.8, 4) is 5.75 Å². The second-order valence-electron chi connectivity index (χ2n) is 6.53. The first kappa shape index (κ1) is 16.3. The van der Waals surface area contributed by atoms with Gasteiger partial charge < -0.3 is 15.4 Å². The quantitative estimate of drug-likeness (QED) is 0.839. The summed E-state index contributed by atoms with van der Waals surface area (Å²) in [4.78, 5) is 2.16. The highest BCUT2D eigenvalue weighted by Gasteiger charge is 2.41. The van der Waals surface area contributed by atoms with Crippen LogP contribution < -0.4 is 10.5 Å². The Hall–Kier alpha value is -1.07. The summed E-state index contributed by atoms with van der Waals surface area (Å²) < 4.78 is 7.57. The molecule has 1 heterocycles. The molecular weight excluding hydrogens is 264 g/mol. The fraction of sp³-hybridized carbons (Fsp3) is 0.812. The Morgan fingerprint density at radius 2 is 2.10 bits per heavy atom. The summed E-state index contributed by atoms with van der Waals surface area (Å²) >= 11 is 0. The maximum atomic E-state index is 6.72. The van der Waals surface area contributed by atoms with Gasteiger partial charge in [0.1, 0.15) is 0 Å². The van der Waals surface area contributed by atoms with Crippen LogP contribution >= 0.6 is 0 Å². The molecule has 2 N–H and O–H groups in total. The second kappa shape index (κ2) is 6.79. The fourth-order valence-electron chi connectivity index (χ4n) is 3.58. The van der Waals surface area contributed by atoms with Crippen molar-refractivity contribution in [3.05, 3.63) is 11.9 Å². The summed E-state index contributed by atoms with van der Waals surface area (Å²) in [6.45, 7) is 4.06. The molecule has 1 aromatic heterocycles. The van der Waals surface area contributed by atoms with Gasteiger partial charge in [0.05, 0.1) is 31.6 Å². The van der Waals surface area contributed by atoms with E-state index in [0.717, 1.165) is 31.0 Å². The second-order valence-corrected chi connectivity index (χ2v) is 6.53. The van der Waals surface area contributed by atoms with Gasteiger partial charge in [0.15, 0.2) is 5.75 Å². The van der Waals surface area contributed by atoms with Crippen molar-refractivity contribution in [2.45, 2.75) is 51.6 Å². The first-order chi connectivity index (χ1) is 10.0. The average molecular weight is 294 g/mol. The third kappa shape index (κ3) is 3.24. The molecule has 1 saturated carbocycles. The van der Waals surface area contributed by atoms with Crippen LogP contribution in [0.25, 0.3) is 0 Å². The molecule has 0 bridgehead atoms. The molecule has 1 aromatic rings. The van der Waals surface area contributed by atoms with Crippen molar-refractivity contribution in [2.24, 2.45) is 11.1 Å². The predicted octanol–water partition coefficient (Wildman–Crippen LogP) is 2.42. The normalized spacial score (nSPS) is 19.1. The van der Waals surface area contributed by atoms with Crippen LogP contribution in [0.3, 0.4) is 0 Å². The number of aromatic nitrogens is 2. The number of methoxy groups -OCH3 is 1. The van der Waals surface area contributed by atoms with E-state index in [-0.39, 0.29) is 11.5 Å². The molecule has 1 aliphatic rings. The van der Waals surface area contributed by atoms with Gasteiger partial charge in [0.25, 0.3) is 0 Å². The van der Waals surface area contributed by atoms with Gasteiger partial charge in [-0.15, -0.1) is 0 Å². The first-order valence-electron chi connectivity index (χ1n) is 8.04. The fourth-order valence-corrected chi connectivity index (χ4v) is 3.58. The van der Waals surface area contributed by atoms with Crippen LogP contribution in [0.5, 0.6) is 5.75 Å². The zero-order valence-electron chi connectivity index (χ0n) is 13.9. The van der Waals surface area contributed by atoms with E-state index in [1.54, 1.807) is 7.11 Å². The standard InChI is InChI=1S/C16H30N4O/c1-5-16(8-6-7-9-16)15(17)14-13(21-4)12-18-20(14)11-10-19(2)3/h12,15H,5-11,17H2,1-4H3. The number of likely N-dealkylation sites (N-methyl/N-ethyl adjacent to an activating group) is 1. The van der Waals surface area contributed by atoms with Crippen molar-refractivity contribution in [2.75, 3.05) is 27.7 Å². The molecule has 1 atom stereocenters. The van der Waals surface area contributed by atoms with Crippen LogP contribution in [0.1, 0.15) is 50.8 Å². The third-order valence-corrected chi connectivity index (χ3v) is 5.08. The van der Waals surface area contributed by atoms with E-state index in [9.17, 15) is 0 Å². The molecule has 120 valence electrons. The molecule has 0 radical (unpaired) electrons. The molecule has 21 heavy (non-hydrogen) atoms. The zero-order chi connectivity index (χ0) is 15.5. The largest absolute Gasteiger partial charge is 0.493 e. The van der Waals surface area contributed by atoms with Gasteiger partial charge in [-0.05, 0) is 38.8 Å². The van der Waals surface area contributed by atoms with Crippen molar-refractivity contribution >= 4 is 0 Å². The summed E-state index contributed by atoms with van der Waals surface area (Å²) in [5, 5.41) is 4.50. The van der Waals surface area contributed by atoms with Gasteiger partial charge in [0.2, 0.25) is 0 Å². The van der Waals surface area contributed by atoms with Crippen LogP contribution in [0.2, 0.25) is 0 Å². The highest BCUT2D eigenvalue weighted by molar-refractivity contribution is 5.30. The maximum absolute atomic E-state index is 6.72. The Labute approximate surface area is 128 Å². The molecule has 0 amide bonds. The zero-order valence-corrected chi connectivity index (χ0v) is 13.9. The number of hydrogen-bond donors (Lipinski definition) is 1. The van der Waals surface area contributed by atoms with Gasteiger partial charge in [-0.1, -0.05) is 19.8 Å². The van der Waals surface area contributed by atoms with Gasteiger partial charge in [-0.3, -0.25) is 4.68 Å². The van der Waals surface area contributed by atoms with Crippen molar-refractivity contribution < 1.29 is 4.74 Å². The molecule has 0 saturated heterocycles. The molecule has 5 heteroatoms. The lowest BCUT2D eigenvalue weighted by molar-refractivity contribution is 0.207. The number of nitrogens with two attached hydrogens (primary N) is 1. The number of rotatable bonds is 7. The molecule has 0 spiro atoms. The number of ether oxygens (including phenoxy) is 1. The molecule has 1 unspecified atom stereocenters. The van der Waals surface area contributed by atoms with E-state index in [0.29, 0.717) is 0 Å². The van der Waals surface area contributed by atoms with Crippen molar-refractivity contribution in [1.82, 2.24) is 14.7 Å². The minimum absolute atomic E-state index is 0.00427. The highest BCUT2D eigenvalue weighted by Crippen LogP contribution is 2.50. The van der Waals surface area contributed by atoms with E-state index in [2.05, 4.69) is 31.0 Å². The lowest BCUT2D eigenvalue weighted by Crippen LogP contribution is -2.34. The van der Waals surface area contributed by atoms with Crippen LogP contribution in [-0.4, -0.2) is 42.4 Å². The molecule has 1 fully saturated rings. The van der Waals surface area contributed by atoms with Gasteiger partial charge in [0, 0.05) is 6.54 Å². The minimum Gasteiger partial charge on any atom is -0.493 e. The lowest BCUT2D eigenvalue weighted by atomic mass is 9.75. The summed E-state index contributed by atoms with van der Waals surface area (Å²) in [6, 6.07) is 0.00427. The van der Waals surface area contributed by atoms with Gasteiger partial charge >= 0.3 is 0 Å². The van der Waals surface area contributed by atoms with E-state index in [4.69, 9.17) is 10.5 Å². The van der Waals surface area contributed by atoms with Crippen LogP contribution in [0.15, 0.2) is 6.20 Å². The molecule has 5 nitrogen and oxygen atoms in total. The summed E-state index contributed by atoms with van der Waals surface area (Å²) in [7, 11) is 5.85. The van der Waals surface area contributed by atoms with E-state index in [1.807, 2.05) is 10.9 Å². The lowest BCUT2D eigenvalue weighted by Gasteiger charge is -2.35. The Balaban J connectivity index is 2.29. The Bertz CT molecular complexity index is 449. The van der Waals surface area contributed by atoms with Crippen LogP contribution in [-0.2, 0) is 6.54 Å². The highest BCUT2D eigenvalue weighted by atomic mass is 16.5.